The van der Waals surface area contributed by atoms with Gasteiger partial charge in [-0.2, -0.15) is 10.1 Å². The number of benzene rings is 1. The third-order valence-corrected chi connectivity index (χ3v) is 7.01. The van der Waals surface area contributed by atoms with E-state index >= 15 is 0 Å². The van der Waals surface area contributed by atoms with Crippen molar-refractivity contribution < 1.29 is 9.59 Å². The van der Waals surface area contributed by atoms with Gasteiger partial charge in [0, 0.05) is 37.8 Å². The van der Waals surface area contributed by atoms with Gasteiger partial charge in [0.1, 0.15) is 0 Å². The maximum atomic E-state index is 13.0. The molecule has 35 heavy (non-hydrogen) atoms. The molecule has 10 heteroatoms. The highest BCUT2D eigenvalue weighted by molar-refractivity contribution is 5.96. The van der Waals surface area contributed by atoms with Gasteiger partial charge in [0.05, 0.1) is 11.9 Å². The number of Topliss-reactive ketones (excluding diaryl/α,β-unsaturated/α-hetero) is 1. The Morgan fingerprint density at radius 2 is 1.91 bits per heavy atom. The van der Waals surface area contributed by atoms with Gasteiger partial charge in [0.25, 0.3) is 5.91 Å². The molecule has 0 spiro atoms. The Kier molecular flexibility index (Phi) is 6.19. The Morgan fingerprint density at radius 1 is 1.14 bits per heavy atom. The van der Waals surface area contributed by atoms with Gasteiger partial charge >= 0.3 is 0 Å². The van der Waals surface area contributed by atoms with Crippen molar-refractivity contribution in [3.05, 3.63) is 53.5 Å². The quantitative estimate of drug-likeness (QED) is 0.476. The number of piperidine rings is 1. The molecular formula is C25H30N8O2. The monoisotopic (exact) mass is 474 g/mol. The summed E-state index contributed by atoms with van der Waals surface area (Å²) in [6.07, 6.45) is 8.21. The second kappa shape index (κ2) is 9.44. The smallest absolute Gasteiger partial charge is 0.273 e. The van der Waals surface area contributed by atoms with Crippen molar-refractivity contribution in [2.45, 2.75) is 51.0 Å². The van der Waals surface area contributed by atoms with E-state index in [1.807, 2.05) is 12.1 Å². The lowest BCUT2D eigenvalue weighted by molar-refractivity contribution is 0.0944. The van der Waals surface area contributed by atoms with Crippen molar-refractivity contribution in [3.63, 3.8) is 0 Å². The molecule has 5 rings (SSSR count). The molecule has 1 amide bonds. The molecule has 0 radical (unpaired) electrons. The summed E-state index contributed by atoms with van der Waals surface area (Å²) >= 11 is 0. The van der Waals surface area contributed by atoms with Crippen LogP contribution in [-0.4, -0.2) is 49.2 Å². The maximum Gasteiger partial charge on any atom is 0.273 e. The molecule has 2 aromatic heterocycles. The Bertz CT molecular complexity index is 1230. The Hall–Kier alpha value is -3.82. The van der Waals surface area contributed by atoms with Crippen molar-refractivity contribution in [2.24, 2.45) is 18.7 Å². The largest absolute Gasteiger partial charge is 0.364 e. The van der Waals surface area contributed by atoms with Crippen LogP contribution in [-0.2, 0) is 7.05 Å². The number of hydrogen-bond acceptors (Lipinski definition) is 8. The van der Waals surface area contributed by atoms with Gasteiger partial charge in [-0.15, -0.1) is 10.2 Å². The first-order valence-corrected chi connectivity index (χ1v) is 12.1. The van der Waals surface area contributed by atoms with Crippen LogP contribution in [0.2, 0.25) is 0 Å². The Morgan fingerprint density at radius 3 is 2.57 bits per heavy atom. The fourth-order valence-electron chi connectivity index (χ4n) is 4.81. The maximum absolute atomic E-state index is 13.0. The number of aryl methyl sites for hydroxylation is 1. The summed E-state index contributed by atoms with van der Waals surface area (Å²) in [5, 5.41) is 15.5. The van der Waals surface area contributed by atoms with Gasteiger partial charge in [-0.1, -0.05) is 24.3 Å². The fraction of sp³-hybridized carbons (Fsp3) is 0.440. The lowest BCUT2D eigenvalue weighted by Crippen LogP contribution is -2.45. The predicted molar refractivity (Wildman–Crippen MR) is 132 cm³/mol. The third kappa shape index (κ3) is 5.01. The molecule has 3 aromatic rings. The van der Waals surface area contributed by atoms with Crippen LogP contribution in [0.4, 0.5) is 17.5 Å². The highest BCUT2D eigenvalue weighted by atomic mass is 16.1. The highest BCUT2D eigenvalue weighted by Gasteiger charge is 2.32. The Labute approximate surface area is 203 Å². The van der Waals surface area contributed by atoms with E-state index in [1.54, 1.807) is 24.1 Å². The van der Waals surface area contributed by atoms with E-state index in [-0.39, 0.29) is 29.3 Å². The molecule has 1 aromatic carbocycles. The molecule has 1 saturated carbocycles. The van der Waals surface area contributed by atoms with E-state index in [0.29, 0.717) is 24.0 Å². The molecule has 3 heterocycles. The summed E-state index contributed by atoms with van der Waals surface area (Å²) in [4.78, 5) is 31.6. The van der Waals surface area contributed by atoms with Crippen LogP contribution in [0.5, 0.6) is 0 Å². The molecule has 1 aliphatic carbocycles. The summed E-state index contributed by atoms with van der Waals surface area (Å²) in [6, 6.07) is 8.15. The summed E-state index contributed by atoms with van der Waals surface area (Å²) in [6.45, 7) is 2.83. The number of amides is 1. The molecule has 182 valence electrons. The van der Waals surface area contributed by atoms with Crippen molar-refractivity contribution in [2.75, 3.05) is 16.8 Å². The minimum absolute atomic E-state index is 0.0332. The molecule has 2 fully saturated rings. The van der Waals surface area contributed by atoms with Gasteiger partial charge in [-0.25, -0.2) is 0 Å². The third-order valence-electron chi connectivity index (χ3n) is 7.01. The lowest BCUT2D eigenvalue weighted by atomic mass is 9.85. The van der Waals surface area contributed by atoms with E-state index in [0.717, 1.165) is 24.9 Å². The number of primary amides is 1. The number of rotatable bonds is 8. The van der Waals surface area contributed by atoms with Gasteiger partial charge in [-0.05, 0) is 50.0 Å². The van der Waals surface area contributed by atoms with Gasteiger partial charge in [-0.3, -0.25) is 14.3 Å². The van der Waals surface area contributed by atoms with E-state index in [4.69, 9.17) is 5.73 Å². The lowest BCUT2D eigenvalue weighted by Gasteiger charge is -2.39. The molecule has 10 nitrogen and oxygen atoms in total. The molecule has 1 saturated heterocycles. The van der Waals surface area contributed by atoms with Crippen LogP contribution in [0.15, 0.2) is 36.7 Å². The van der Waals surface area contributed by atoms with Crippen LogP contribution in [0.1, 0.15) is 71.4 Å². The summed E-state index contributed by atoms with van der Waals surface area (Å²) in [5.74, 6) is 0.919. The fourth-order valence-corrected chi connectivity index (χ4v) is 4.81. The number of hydrogen-bond donors (Lipinski definition) is 2. The second-order valence-electron chi connectivity index (χ2n) is 9.56. The summed E-state index contributed by atoms with van der Waals surface area (Å²) in [5.41, 5.74) is 8.22. The number of nitrogens with two attached hydrogens (primary N) is 1. The molecular weight excluding hydrogens is 444 g/mol. The molecule has 2 aliphatic rings. The molecule has 3 N–H and O–H groups in total. The van der Waals surface area contributed by atoms with Crippen molar-refractivity contribution >= 4 is 29.1 Å². The van der Waals surface area contributed by atoms with E-state index in [2.05, 4.69) is 49.6 Å². The standard InChI is InChI=1S/C25H30N8O2/c1-15-19(12-21(34)18-9-7-17(8-10-18)16-5-6-16)4-3-11-33(15)25-29-24(22(23(26)35)30-31-25)28-20-13-27-32(2)14-20/h7-10,13-16,19H,3-6,11-12H2,1-2H3,(H2,26,35)(H,28,29,31)/t15-,19+/m1/s1. The van der Waals surface area contributed by atoms with Crippen LogP contribution in [0, 0.1) is 5.92 Å². The summed E-state index contributed by atoms with van der Waals surface area (Å²) in [7, 11) is 1.79. The SMILES string of the molecule is C[C@@H]1[C@H](CC(=O)c2ccc(C3CC3)cc2)CCCN1c1nnc(C(N)=O)c(Nc2cnn(C)c2)n1. The zero-order chi connectivity index (χ0) is 24.5. The van der Waals surface area contributed by atoms with Crippen molar-refractivity contribution in [3.8, 4) is 0 Å². The number of nitrogens with zero attached hydrogens (tertiary/aromatic N) is 6. The molecule has 0 bridgehead atoms. The number of ketones is 1. The number of aromatic nitrogens is 5. The van der Waals surface area contributed by atoms with Crippen LogP contribution >= 0.6 is 0 Å². The van der Waals surface area contributed by atoms with Gasteiger partial charge < -0.3 is 16.0 Å². The van der Waals surface area contributed by atoms with E-state index in [1.165, 1.54) is 18.4 Å². The molecule has 0 unspecified atom stereocenters. The molecule has 1 aliphatic heterocycles. The number of carbonyl (C=O) groups excluding carboxylic acids is 2. The van der Waals surface area contributed by atoms with Gasteiger partial charge in [0.15, 0.2) is 17.3 Å². The molecule has 2 atom stereocenters. The predicted octanol–water partition coefficient (Wildman–Crippen LogP) is 3.20. The first-order chi connectivity index (χ1) is 16.9. The first kappa shape index (κ1) is 22.9. The normalized spacial score (nSPS) is 20.0. The highest BCUT2D eigenvalue weighted by Crippen LogP contribution is 2.40. The Balaban J connectivity index is 1.32. The van der Waals surface area contributed by atoms with Crippen molar-refractivity contribution in [1.29, 1.82) is 0 Å². The number of nitrogens with one attached hydrogen (secondary N) is 1. The van der Waals surface area contributed by atoms with Crippen molar-refractivity contribution in [1.82, 2.24) is 25.0 Å². The van der Waals surface area contributed by atoms with Crippen LogP contribution in [0.3, 0.4) is 0 Å². The van der Waals surface area contributed by atoms with Crippen LogP contribution < -0.4 is 16.0 Å². The first-order valence-electron chi connectivity index (χ1n) is 12.1. The minimum atomic E-state index is -0.717. The average Bonchev–Trinajstić information content (AvgIpc) is 3.62. The van der Waals surface area contributed by atoms with E-state index in [9.17, 15) is 9.59 Å². The topological polar surface area (TPSA) is 132 Å². The van der Waals surface area contributed by atoms with E-state index < -0.39 is 5.91 Å². The minimum Gasteiger partial charge on any atom is -0.364 e. The summed E-state index contributed by atoms with van der Waals surface area (Å²) < 4.78 is 1.63. The zero-order valence-corrected chi connectivity index (χ0v) is 20.0. The number of carbonyl (C=O) groups is 2. The zero-order valence-electron chi connectivity index (χ0n) is 20.0. The van der Waals surface area contributed by atoms with Crippen LogP contribution in [0.25, 0.3) is 0 Å². The van der Waals surface area contributed by atoms with Gasteiger partial charge in [0.2, 0.25) is 5.95 Å². The second-order valence-corrected chi connectivity index (χ2v) is 9.56. The number of anilines is 3. The average molecular weight is 475 g/mol.